The number of anilines is 1. The predicted octanol–water partition coefficient (Wildman–Crippen LogP) is 7.08. The van der Waals surface area contributed by atoms with E-state index in [1.54, 1.807) is 4.90 Å². The SMILES string of the molecule is CCCN1C(=O)/C(=C\c2cc3c(cc2Cl)N(C)C(C)(C)CC3C)SC1=Nc1ccccc1. The summed E-state index contributed by atoms with van der Waals surface area (Å²) < 4.78 is 0. The number of para-hydroxylation sites is 1. The minimum atomic E-state index is -0.00776. The maximum absolute atomic E-state index is 13.2. The first-order chi connectivity index (χ1) is 15.2. The lowest BCUT2D eigenvalue weighted by atomic mass is 9.80. The fourth-order valence-corrected chi connectivity index (χ4v) is 5.71. The Hall–Kier alpha value is -2.24. The van der Waals surface area contributed by atoms with Gasteiger partial charge in [0, 0.05) is 29.8 Å². The number of fused-ring (bicyclic) bond motifs is 1. The number of amides is 1. The van der Waals surface area contributed by atoms with Crippen LogP contribution in [0.2, 0.25) is 5.02 Å². The lowest BCUT2D eigenvalue weighted by molar-refractivity contribution is -0.122. The van der Waals surface area contributed by atoms with Crippen molar-refractivity contribution < 1.29 is 4.79 Å². The van der Waals surface area contributed by atoms with E-state index in [-0.39, 0.29) is 11.4 Å². The fraction of sp³-hybridized carbons (Fsp3) is 0.385. The number of hydrogen-bond acceptors (Lipinski definition) is 4. The molecule has 1 amide bonds. The predicted molar refractivity (Wildman–Crippen MR) is 138 cm³/mol. The molecule has 4 rings (SSSR count). The summed E-state index contributed by atoms with van der Waals surface area (Å²) in [4.78, 5) is 22.7. The van der Waals surface area contributed by atoms with Crippen LogP contribution in [0, 0.1) is 0 Å². The number of carbonyl (C=O) groups excluding carboxylic acids is 1. The van der Waals surface area contributed by atoms with E-state index in [0.717, 1.165) is 29.3 Å². The van der Waals surface area contributed by atoms with Crippen molar-refractivity contribution in [1.29, 1.82) is 0 Å². The van der Waals surface area contributed by atoms with Gasteiger partial charge >= 0.3 is 0 Å². The molecule has 4 nitrogen and oxygen atoms in total. The van der Waals surface area contributed by atoms with Crippen molar-refractivity contribution >= 4 is 51.9 Å². The maximum atomic E-state index is 13.2. The number of hydrogen-bond donors (Lipinski definition) is 0. The van der Waals surface area contributed by atoms with Gasteiger partial charge in [-0.15, -0.1) is 0 Å². The molecule has 1 fully saturated rings. The van der Waals surface area contributed by atoms with Gasteiger partial charge in [-0.25, -0.2) is 4.99 Å². The van der Waals surface area contributed by atoms with Crippen LogP contribution in [0.5, 0.6) is 0 Å². The van der Waals surface area contributed by atoms with Crippen molar-refractivity contribution in [2.24, 2.45) is 4.99 Å². The van der Waals surface area contributed by atoms with Crippen molar-refractivity contribution in [2.75, 3.05) is 18.5 Å². The molecule has 2 aliphatic rings. The summed E-state index contributed by atoms with van der Waals surface area (Å²) in [7, 11) is 2.13. The number of benzene rings is 2. The summed E-state index contributed by atoms with van der Waals surface area (Å²) >= 11 is 8.14. The van der Waals surface area contributed by atoms with Crippen LogP contribution in [0.3, 0.4) is 0 Å². The van der Waals surface area contributed by atoms with Crippen LogP contribution in [0.4, 0.5) is 11.4 Å². The lowest BCUT2D eigenvalue weighted by Gasteiger charge is -2.45. The topological polar surface area (TPSA) is 35.9 Å². The van der Waals surface area contributed by atoms with Crippen LogP contribution in [-0.4, -0.2) is 35.1 Å². The smallest absolute Gasteiger partial charge is 0.266 e. The first kappa shape index (κ1) is 22.9. The van der Waals surface area contributed by atoms with Gasteiger partial charge in [0.15, 0.2) is 5.17 Å². The molecule has 2 aromatic carbocycles. The molecule has 1 unspecified atom stereocenters. The Morgan fingerprint density at radius 3 is 2.66 bits per heavy atom. The molecule has 0 aliphatic carbocycles. The molecule has 168 valence electrons. The van der Waals surface area contributed by atoms with Gasteiger partial charge in [0.05, 0.1) is 10.6 Å². The molecule has 0 saturated carbocycles. The highest BCUT2D eigenvalue weighted by molar-refractivity contribution is 8.18. The molecule has 6 heteroatoms. The molecule has 0 radical (unpaired) electrons. The first-order valence-electron chi connectivity index (χ1n) is 11.1. The molecule has 0 spiro atoms. The van der Waals surface area contributed by atoms with Crippen molar-refractivity contribution in [3.63, 3.8) is 0 Å². The minimum absolute atomic E-state index is 0.00776. The zero-order chi connectivity index (χ0) is 23.0. The Kier molecular flexibility index (Phi) is 6.42. The standard InChI is InChI=1S/C26H30ClN3OS/c1-6-12-30-24(31)23(32-25(30)28-19-10-8-7-9-11-19)14-18-13-20-17(2)16-26(3,4)29(5)22(20)15-21(18)27/h7-11,13-15,17H,6,12,16H2,1-5H3/b23-14+,28-25?. The van der Waals surface area contributed by atoms with Gasteiger partial charge in [0.25, 0.3) is 5.91 Å². The van der Waals surface area contributed by atoms with Crippen molar-refractivity contribution in [2.45, 2.75) is 52.0 Å². The number of aliphatic imine (C=N–C) groups is 1. The van der Waals surface area contributed by atoms with Crippen LogP contribution in [0.15, 0.2) is 52.4 Å². The van der Waals surface area contributed by atoms with E-state index in [2.05, 4.69) is 45.7 Å². The van der Waals surface area contributed by atoms with E-state index in [4.69, 9.17) is 16.6 Å². The zero-order valence-corrected chi connectivity index (χ0v) is 20.9. The molecule has 1 atom stereocenters. The molecule has 2 aromatic rings. The Balaban J connectivity index is 1.72. The van der Waals surface area contributed by atoms with Gasteiger partial charge in [0.2, 0.25) is 0 Å². The maximum Gasteiger partial charge on any atom is 0.266 e. The second-order valence-corrected chi connectivity index (χ2v) is 10.6. The van der Waals surface area contributed by atoms with Crippen molar-refractivity contribution in [1.82, 2.24) is 4.90 Å². The normalized spacial score (nSPS) is 22.7. The molecule has 1 saturated heterocycles. The summed E-state index contributed by atoms with van der Waals surface area (Å²) in [5, 5.41) is 1.38. The van der Waals surface area contributed by atoms with E-state index in [1.165, 1.54) is 23.0 Å². The summed E-state index contributed by atoms with van der Waals surface area (Å²) in [5.41, 5.74) is 4.26. The molecular weight excluding hydrogens is 438 g/mol. The number of amidine groups is 1. The molecule has 0 bridgehead atoms. The molecular formula is C26H30ClN3OS. The van der Waals surface area contributed by atoms with Crippen LogP contribution in [0.1, 0.15) is 57.6 Å². The Morgan fingerprint density at radius 1 is 1.25 bits per heavy atom. The van der Waals surface area contributed by atoms with Gasteiger partial charge < -0.3 is 4.90 Å². The second-order valence-electron chi connectivity index (χ2n) is 9.21. The Bertz CT molecular complexity index is 1090. The molecule has 0 aromatic heterocycles. The Labute approximate surface area is 200 Å². The summed E-state index contributed by atoms with van der Waals surface area (Å²) in [5.74, 6) is 0.413. The van der Waals surface area contributed by atoms with Crippen molar-refractivity contribution in [3.8, 4) is 0 Å². The molecule has 2 aliphatic heterocycles. The monoisotopic (exact) mass is 467 g/mol. The van der Waals surface area contributed by atoms with E-state index in [0.29, 0.717) is 22.4 Å². The highest BCUT2D eigenvalue weighted by Gasteiger charge is 2.36. The fourth-order valence-electron chi connectivity index (χ4n) is 4.48. The largest absolute Gasteiger partial charge is 0.369 e. The van der Waals surface area contributed by atoms with Crippen molar-refractivity contribution in [3.05, 3.63) is 63.5 Å². The van der Waals surface area contributed by atoms with E-state index >= 15 is 0 Å². The molecule has 0 N–H and O–H groups in total. The van der Waals surface area contributed by atoms with E-state index < -0.39 is 0 Å². The third-order valence-corrected chi connectivity index (χ3v) is 7.69. The third kappa shape index (κ3) is 4.33. The van der Waals surface area contributed by atoms with Gasteiger partial charge in [-0.2, -0.15) is 0 Å². The lowest BCUT2D eigenvalue weighted by Crippen LogP contribution is -2.45. The summed E-state index contributed by atoms with van der Waals surface area (Å²) in [6, 6.07) is 14.0. The second kappa shape index (κ2) is 8.95. The van der Waals surface area contributed by atoms with Gasteiger partial charge in [-0.3, -0.25) is 9.69 Å². The third-order valence-electron chi connectivity index (χ3n) is 6.35. The number of rotatable bonds is 4. The minimum Gasteiger partial charge on any atom is -0.369 e. The quantitative estimate of drug-likeness (QED) is 0.451. The van der Waals surface area contributed by atoms with E-state index in [1.807, 2.05) is 42.5 Å². The van der Waals surface area contributed by atoms with Gasteiger partial charge in [-0.1, -0.05) is 43.6 Å². The number of carbonyl (C=O) groups is 1. The van der Waals surface area contributed by atoms with E-state index in [9.17, 15) is 4.79 Å². The van der Waals surface area contributed by atoms with Crippen LogP contribution < -0.4 is 4.90 Å². The summed E-state index contributed by atoms with van der Waals surface area (Å²) in [6.45, 7) is 9.50. The van der Waals surface area contributed by atoms with Gasteiger partial charge in [-0.05, 0) is 85.8 Å². The molecule has 32 heavy (non-hydrogen) atoms. The highest BCUT2D eigenvalue weighted by atomic mass is 35.5. The molecule has 2 heterocycles. The van der Waals surface area contributed by atoms with Crippen LogP contribution >= 0.6 is 23.4 Å². The Morgan fingerprint density at radius 2 is 1.97 bits per heavy atom. The zero-order valence-electron chi connectivity index (χ0n) is 19.4. The average molecular weight is 468 g/mol. The first-order valence-corrected chi connectivity index (χ1v) is 12.3. The van der Waals surface area contributed by atoms with Gasteiger partial charge in [0.1, 0.15) is 0 Å². The van der Waals surface area contributed by atoms with Crippen LogP contribution in [0.25, 0.3) is 6.08 Å². The highest BCUT2D eigenvalue weighted by Crippen LogP contribution is 2.45. The number of halogens is 1. The summed E-state index contributed by atoms with van der Waals surface area (Å²) in [6.07, 6.45) is 3.87. The average Bonchev–Trinajstić information content (AvgIpc) is 3.03. The number of thioether (sulfide) groups is 1. The van der Waals surface area contributed by atoms with Crippen LogP contribution in [-0.2, 0) is 4.79 Å². The number of nitrogens with zero attached hydrogens (tertiary/aromatic N) is 3.